The first-order valence-electron chi connectivity index (χ1n) is 9.29. The number of hydrogen-bond acceptors (Lipinski definition) is 1. The summed E-state index contributed by atoms with van der Waals surface area (Å²) in [5.74, 6) is 0.103. The molecule has 0 bridgehead atoms. The summed E-state index contributed by atoms with van der Waals surface area (Å²) in [5, 5.41) is 0. The summed E-state index contributed by atoms with van der Waals surface area (Å²) in [5.41, 5.74) is 5.58. The van der Waals surface area contributed by atoms with Crippen LogP contribution < -0.4 is 0 Å². The average molecular weight is 344 g/mol. The molecule has 3 nitrogen and oxygen atoms in total. The molecule has 1 atom stereocenters. The quantitative estimate of drug-likeness (QED) is 0.681. The molecule has 1 aromatic heterocycles. The van der Waals surface area contributed by atoms with Crippen molar-refractivity contribution in [2.75, 3.05) is 6.54 Å². The van der Waals surface area contributed by atoms with E-state index in [1.807, 2.05) is 17.0 Å². The van der Waals surface area contributed by atoms with Crippen LogP contribution in [-0.4, -0.2) is 21.9 Å². The monoisotopic (exact) mass is 344 g/mol. The van der Waals surface area contributed by atoms with Crippen LogP contribution in [0, 0.1) is 6.92 Å². The zero-order chi connectivity index (χ0) is 18.1. The summed E-state index contributed by atoms with van der Waals surface area (Å²) in [4.78, 5) is 15.3. The molecule has 26 heavy (non-hydrogen) atoms. The van der Waals surface area contributed by atoms with E-state index in [1.165, 1.54) is 22.4 Å². The Morgan fingerprint density at radius 3 is 2.58 bits per heavy atom. The van der Waals surface area contributed by atoms with E-state index in [-0.39, 0.29) is 11.9 Å². The number of benzene rings is 2. The van der Waals surface area contributed by atoms with Crippen LogP contribution in [0.3, 0.4) is 0 Å². The maximum atomic E-state index is 13.3. The highest BCUT2D eigenvalue weighted by Gasteiger charge is 2.32. The van der Waals surface area contributed by atoms with Crippen molar-refractivity contribution in [2.24, 2.45) is 0 Å². The fourth-order valence-electron chi connectivity index (χ4n) is 3.84. The van der Waals surface area contributed by atoms with Gasteiger partial charge < -0.3 is 9.47 Å². The first-order valence-corrected chi connectivity index (χ1v) is 9.29. The van der Waals surface area contributed by atoms with E-state index in [0.29, 0.717) is 6.54 Å². The van der Waals surface area contributed by atoms with Crippen molar-refractivity contribution in [3.05, 3.63) is 94.8 Å². The third kappa shape index (κ3) is 2.94. The van der Waals surface area contributed by atoms with Gasteiger partial charge in [0, 0.05) is 30.5 Å². The van der Waals surface area contributed by atoms with Crippen molar-refractivity contribution < 1.29 is 4.79 Å². The predicted octanol–water partition coefficient (Wildman–Crippen LogP) is 4.60. The lowest BCUT2D eigenvalue weighted by atomic mass is 9.97. The summed E-state index contributed by atoms with van der Waals surface area (Å²) in [6.07, 6.45) is 3.09. The zero-order valence-corrected chi connectivity index (χ0v) is 15.4. The number of amides is 1. The number of aromatic nitrogens is 1. The Kier molecular flexibility index (Phi) is 4.37. The molecule has 3 heteroatoms. The fourth-order valence-corrected chi connectivity index (χ4v) is 3.84. The molecule has 132 valence electrons. The van der Waals surface area contributed by atoms with Gasteiger partial charge in [-0.05, 0) is 48.7 Å². The highest BCUT2D eigenvalue weighted by molar-refractivity contribution is 5.94. The van der Waals surface area contributed by atoms with Crippen LogP contribution in [0.15, 0.2) is 66.9 Å². The van der Waals surface area contributed by atoms with Gasteiger partial charge in [0.1, 0.15) is 0 Å². The molecule has 1 aliphatic heterocycles. The van der Waals surface area contributed by atoms with Gasteiger partial charge in [0.15, 0.2) is 0 Å². The number of carbonyl (C=O) groups is 1. The molecule has 1 unspecified atom stereocenters. The second-order valence-corrected chi connectivity index (χ2v) is 6.99. The normalized spacial score (nSPS) is 16.4. The van der Waals surface area contributed by atoms with E-state index >= 15 is 0 Å². The predicted molar refractivity (Wildman–Crippen MR) is 104 cm³/mol. The molecule has 1 amide bonds. The van der Waals surface area contributed by atoms with Gasteiger partial charge in [0.05, 0.1) is 6.04 Å². The van der Waals surface area contributed by atoms with Crippen molar-refractivity contribution in [3.63, 3.8) is 0 Å². The van der Waals surface area contributed by atoms with Crippen LogP contribution >= 0.6 is 0 Å². The van der Waals surface area contributed by atoms with Gasteiger partial charge >= 0.3 is 0 Å². The molecule has 0 radical (unpaired) electrons. The summed E-state index contributed by atoms with van der Waals surface area (Å²) >= 11 is 0. The molecule has 0 fully saturated rings. The Morgan fingerprint density at radius 2 is 1.85 bits per heavy atom. The lowest BCUT2D eigenvalue weighted by Crippen LogP contribution is -2.42. The fraction of sp³-hybridized carbons (Fsp3) is 0.261. The van der Waals surface area contributed by atoms with Gasteiger partial charge in [0.25, 0.3) is 5.91 Å². The van der Waals surface area contributed by atoms with Crippen LogP contribution in [0.25, 0.3) is 0 Å². The van der Waals surface area contributed by atoms with E-state index in [0.717, 1.165) is 18.5 Å². The third-order valence-electron chi connectivity index (χ3n) is 5.27. The summed E-state index contributed by atoms with van der Waals surface area (Å²) in [6.45, 7) is 5.78. The van der Waals surface area contributed by atoms with Gasteiger partial charge in [-0.3, -0.25) is 4.79 Å². The maximum absolute atomic E-state index is 13.3. The first-order chi connectivity index (χ1) is 12.7. The molecule has 0 saturated carbocycles. The number of carbonyl (C=O) groups excluding carboxylic acids is 1. The highest BCUT2D eigenvalue weighted by atomic mass is 16.2. The van der Waals surface area contributed by atoms with Crippen LogP contribution in [0.4, 0.5) is 0 Å². The Balaban J connectivity index is 1.74. The molecule has 0 aliphatic carbocycles. The zero-order valence-electron chi connectivity index (χ0n) is 15.4. The molecular weight excluding hydrogens is 320 g/mol. The number of hydrogen-bond donors (Lipinski definition) is 0. The number of nitrogens with zero attached hydrogens (tertiary/aromatic N) is 2. The molecule has 3 aromatic rings. The molecule has 4 rings (SSSR count). The Hall–Kier alpha value is -2.81. The van der Waals surface area contributed by atoms with E-state index < -0.39 is 0 Å². The van der Waals surface area contributed by atoms with E-state index in [9.17, 15) is 4.79 Å². The van der Waals surface area contributed by atoms with Gasteiger partial charge in [-0.15, -0.1) is 0 Å². The Labute approximate surface area is 154 Å². The summed E-state index contributed by atoms with van der Waals surface area (Å²) in [7, 11) is 0. The lowest BCUT2D eigenvalue weighted by Gasteiger charge is -2.37. The van der Waals surface area contributed by atoms with Crippen LogP contribution in [0.1, 0.15) is 45.7 Å². The topological polar surface area (TPSA) is 25.2 Å². The minimum absolute atomic E-state index is 0.0444. The molecular formula is C23H24N2O. The summed E-state index contributed by atoms with van der Waals surface area (Å²) in [6, 6.07) is 20.7. The van der Waals surface area contributed by atoms with Crippen LogP contribution in [-0.2, 0) is 13.0 Å². The number of aryl methyl sites for hydroxylation is 2. The molecule has 1 aliphatic rings. The second-order valence-electron chi connectivity index (χ2n) is 6.99. The number of fused-ring (bicyclic) bond motifs is 1. The van der Waals surface area contributed by atoms with Gasteiger partial charge in [-0.2, -0.15) is 0 Å². The van der Waals surface area contributed by atoms with Crippen LogP contribution in [0.2, 0.25) is 0 Å². The molecule has 0 spiro atoms. The second kappa shape index (κ2) is 6.83. The Morgan fingerprint density at radius 1 is 1.04 bits per heavy atom. The average Bonchev–Trinajstić information content (AvgIpc) is 3.15. The van der Waals surface area contributed by atoms with Crippen molar-refractivity contribution in [1.29, 1.82) is 0 Å². The van der Waals surface area contributed by atoms with E-state index in [4.69, 9.17) is 0 Å². The summed E-state index contributed by atoms with van der Waals surface area (Å²) < 4.78 is 2.26. The van der Waals surface area contributed by atoms with Crippen LogP contribution in [0.5, 0.6) is 0 Å². The Bertz CT molecular complexity index is 923. The lowest BCUT2D eigenvalue weighted by molar-refractivity contribution is 0.0664. The molecule has 2 aromatic carbocycles. The largest absolute Gasteiger partial charge is 0.348 e. The SMILES string of the molecule is CCc1ccc(C(=O)N2CCn3cccc3C2c2cccc(C)c2)cc1. The van der Waals surface area contributed by atoms with Gasteiger partial charge in [-0.25, -0.2) is 0 Å². The minimum atomic E-state index is -0.0444. The van der Waals surface area contributed by atoms with E-state index in [1.54, 1.807) is 0 Å². The van der Waals surface area contributed by atoms with E-state index in [2.05, 4.69) is 73.1 Å². The van der Waals surface area contributed by atoms with Crippen molar-refractivity contribution in [3.8, 4) is 0 Å². The van der Waals surface area contributed by atoms with Gasteiger partial charge in [0.2, 0.25) is 0 Å². The standard InChI is InChI=1S/C23H24N2O/c1-3-18-9-11-19(12-10-18)23(26)25-15-14-24-13-5-8-21(24)22(25)20-7-4-6-17(2)16-20/h4-13,16,22H,3,14-15H2,1-2H3. The molecule has 0 N–H and O–H groups in total. The number of rotatable bonds is 3. The van der Waals surface area contributed by atoms with Crippen molar-refractivity contribution in [1.82, 2.24) is 9.47 Å². The van der Waals surface area contributed by atoms with Gasteiger partial charge in [-0.1, -0.05) is 48.9 Å². The van der Waals surface area contributed by atoms with Crippen molar-refractivity contribution in [2.45, 2.75) is 32.9 Å². The first kappa shape index (κ1) is 16.6. The molecule has 2 heterocycles. The smallest absolute Gasteiger partial charge is 0.254 e. The third-order valence-corrected chi connectivity index (χ3v) is 5.27. The van der Waals surface area contributed by atoms with Crippen molar-refractivity contribution >= 4 is 5.91 Å². The maximum Gasteiger partial charge on any atom is 0.254 e. The molecule has 0 saturated heterocycles. The minimum Gasteiger partial charge on any atom is -0.348 e. The highest BCUT2D eigenvalue weighted by Crippen LogP contribution is 2.33.